The van der Waals surface area contributed by atoms with Gasteiger partial charge in [-0.1, -0.05) is 42.5 Å². The largest absolute Gasteiger partial charge is 0.492 e. The number of nitrogens with zero attached hydrogens (tertiary/aromatic N) is 1. The Morgan fingerprint density at radius 2 is 1.75 bits per heavy atom. The van der Waals surface area contributed by atoms with E-state index < -0.39 is 17.3 Å². The second-order valence-corrected chi connectivity index (χ2v) is 6.17. The number of methoxy groups -OCH3 is 1. The number of carbonyl (C=O) groups is 2. The van der Waals surface area contributed by atoms with Gasteiger partial charge in [0.25, 0.3) is 11.3 Å². The van der Waals surface area contributed by atoms with Gasteiger partial charge in [-0.05, 0) is 12.1 Å². The fraction of sp³-hybridized carbons (Fsp3) is 0.0952. The molecule has 0 aliphatic carbocycles. The van der Waals surface area contributed by atoms with E-state index in [4.69, 9.17) is 9.15 Å². The van der Waals surface area contributed by atoms with Crippen LogP contribution in [0.25, 0.3) is 21.9 Å². The zero-order chi connectivity index (χ0) is 19.8. The third-order valence-corrected chi connectivity index (χ3v) is 4.56. The van der Waals surface area contributed by atoms with Crippen LogP contribution in [-0.2, 0) is 6.54 Å². The second-order valence-electron chi connectivity index (χ2n) is 6.17. The van der Waals surface area contributed by atoms with E-state index in [1.165, 1.54) is 11.7 Å². The predicted molar refractivity (Wildman–Crippen MR) is 102 cm³/mol. The van der Waals surface area contributed by atoms with Crippen molar-refractivity contribution in [2.24, 2.45) is 0 Å². The first-order chi connectivity index (χ1) is 13.5. The quantitative estimate of drug-likeness (QED) is 0.536. The van der Waals surface area contributed by atoms with E-state index in [1.54, 1.807) is 54.6 Å². The van der Waals surface area contributed by atoms with Crippen molar-refractivity contribution in [2.75, 3.05) is 7.11 Å². The number of ketones is 1. The first-order valence-electron chi connectivity index (χ1n) is 8.46. The minimum Gasteiger partial charge on any atom is -0.492 e. The molecule has 0 fully saturated rings. The number of aromatic nitrogens is 1. The standard InChI is InChI=1S/C21H15NO6/c1-27-18-16-17(28-19(18)21(25)26)13-9-5-6-10-14(13)22(20(16)24)11-15(23)12-7-3-2-4-8-12/h2-10H,11H2,1H3,(H,25,26). The van der Waals surface area contributed by atoms with Crippen LogP contribution in [0.5, 0.6) is 5.75 Å². The Bertz CT molecular complexity index is 1280. The number of carboxylic acid groups (broad SMARTS) is 1. The highest BCUT2D eigenvalue weighted by atomic mass is 16.5. The molecule has 0 saturated heterocycles. The van der Waals surface area contributed by atoms with Gasteiger partial charge in [-0.15, -0.1) is 0 Å². The first kappa shape index (κ1) is 17.5. The number of ether oxygens (including phenoxy) is 1. The molecule has 4 rings (SSSR count). The number of pyridine rings is 1. The van der Waals surface area contributed by atoms with Crippen LogP contribution in [0.4, 0.5) is 0 Å². The monoisotopic (exact) mass is 377 g/mol. The molecular formula is C21H15NO6. The lowest BCUT2D eigenvalue weighted by Crippen LogP contribution is -2.25. The van der Waals surface area contributed by atoms with E-state index in [0.29, 0.717) is 16.5 Å². The normalized spacial score (nSPS) is 11.0. The second kappa shape index (κ2) is 6.70. The third-order valence-electron chi connectivity index (χ3n) is 4.56. The lowest BCUT2D eigenvalue weighted by atomic mass is 10.1. The summed E-state index contributed by atoms with van der Waals surface area (Å²) in [7, 11) is 1.27. The maximum atomic E-state index is 13.2. The third kappa shape index (κ3) is 2.64. The van der Waals surface area contributed by atoms with Crippen molar-refractivity contribution in [1.82, 2.24) is 4.57 Å². The maximum Gasteiger partial charge on any atom is 0.375 e. The number of hydrogen-bond donors (Lipinski definition) is 1. The van der Waals surface area contributed by atoms with Crippen molar-refractivity contribution < 1.29 is 23.8 Å². The van der Waals surface area contributed by atoms with Gasteiger partial charge in [0.05, 0.1) is 19.2 Å². The molecule has 0 amide bonds. The zero-order valence-corrected chi connectivity index (χ0v) is 14.8. The Balaban J connectivity index is 2.02. The van der Waals surface area contributed by atoms with Crippen molar-refractivity contribution >= 4 is 33.6 Å². The fourth-order valence-corrected chi connectivity index (χ4v) is 3.30. The van der Waals surface area contributed by atoms with Crippen LogP contribution in [0.2, 0.25) is 0 Å². The highest BCUT2D eigenvalue weighted by Gasteiger charge is 2.27. The average Bonchev–Trinajstić information content (AvgIpc) is 3.12. The molecular weight excluding hydrogens is 362 g/mol. The molecule has 0 bridgehead atoms. The minimum absolute atomic E-state index is 0.000498. The van der Waals surface area contributed by atoms with Gasteiger partial charge in [0.1, 0.15) is 5.39 Å². The molecule has 1 N–H and O–H groups in total. The number of carboxylic acids is 1. The lowest BCUT2D eigenvalue weighted by Gasteiger charge is -2.10. The molecule has 0 spiro atoms. The van der Waals surface area contributed by atoms with Gasteiger partial charge in [0.15, 0.2) is 17.1 Å². The molecule has 0 radical (unpaired) electrons. The molecule has 140 valence electrons. The van der Waals surface area contributed by atoms with Crippen molar-refractivity contribution in [2.45, 2.75) is 6.54 Å². The number of furan rings is 1. The van der Waals surface area contributed by atoms with Crippen molar-refractivity contribution in [3.05, 3.63) is 76.3 Å². The molecule has 0 atom stereocenters. The lowest BCUT2D eigenvalue weighted by molar-refractivity contribution is 0.0660. The number of Topliss-reactive ketones (excluding diaryl/α,β-unsaturated/α-hetero) is 1. The van der Waals surface area contributed by atoms with Crippen LogP contribution in [0.1, 0.15) is 20.9 Å². The summed E-state index contributed by atoms with van der Waals surface area (Å²) >= 11 is 0. The van der Waals surface area contributed by atoms with E-state index in [0.717, 1.165) is 0 Å². The Hall–Kier alpha value is -3.87. The molecule has 28 heavy (non-hydrogen) atoms. The summed E-state index contributed by atoms with van der Waals surface area (Å²) in [5.74, 6) is -2.19. The smallest absolute Gasteiger partial charge is 0.375 e. The van der Waals surface area contributed by atoms with Crippen molar-refractivity contribution in [3.8, 4) is 5.75 Å². The summed E-state index contributed by atoms with van der Waals surface area (Å²) in [5, 5.41) is 9.90. The Kier molecular flexibility index (Phi) is 4.19. The SMILES string of the molecule is COc1c(C(=O)O)oc2c1c(=O)n(CC(=O)c1ccccc1)c1ccccc21. The average molecular weight is 377 g/mol. The van der Waals surface area contributed by atoms with Gasteiger partial charge in [-0.2, -0.15) is 0 Å². The summed E-state index contributed by atoms with van der Waals surface area (Å²) < 4.78 is 11.9. The van der Waals surface area contributed by atoms with Crippen molar-refractivity contribution in [1.29, 1.82) is 0 Å². The van der Waals surface area contributed by atoms with Crippen LogP contribution < -0.4 is 10.3 Å². The van der Waals surface area contributed by atoms with Gasteiger partial charge in [0.2, 0.25) is 0 Å². The number of rotatable bonds is 5. The van der Waals surface area contributed by atoms with E-state index in [1.807, 2.05) is 0 Å². The van der Waals surface area contributed by atoms with Crippen LogP contribution in [0.15, 0.2) is 63.8 Å². The van der Waals surface area contributed by atoms with Crippen LogP contribution in [0, 0.1) is 0 Å². The van der Waals surface area contributed by atoms with Crippen LogP contribution in [0.3, 0.4) is 0 Å². The number of carbonyl (C=O) groups excluding carboxylic acids is 1. The van der Waals surface area contributed by atoms with E-state index in [9.17, 15) is 19.5 Å². The fourth-order valence-electron chi connectivity index (χ4n) is 3.30. The molecule has 0 unspecified atom stereocenters. The summed E-state index contributed by atoms with van der Waals surface area (Å²) in [6, 6.07) is 15.5. The Morgan fingerprint density at radius 1 is 1.07 bits per heavy atom. The number of aromatic carboxylic acids is 1. The number of fused-ring (bicyclic) bond motifs is 3. The predicted octanol–water partition coefficient (Wildman–Crippen LogP) is 3.34. The summed E-state index contributed by atoms with van der Waals surface area (Å²) in [6.45, 7) is -0.198. The number of hydrogen-bond acceptors (Lipinski definition) is 5. The van der Waals surface area contributed by atoms with E-state index in [-0.39, 0.29) is 29.0 Å². The Morgan fingerprint density at radius 3 is 2.43 bits per heavy atom. The molecule has 2 aromatic carbocycles. The molecule has 2 aromatic heterocycles. The molecule has 0 saturated carbocycles. The van der Waals surface area contributed by atoms with Gasteiger partial charge in [0, 0.05) is 10.9 Å². The van der Waals surface area contributed by atoms with Gasteiger partial charge >= 0.3 is 5.97 Å². The molecule has 0 aliphatic heterocycles. The van der Waals surface area contributed by atoms with Gasteiger partial charge in [-0.25, -0.2) is 4.79 Å². The molecule has 4 aromatic rings. The van der Waals surface area contributed by atoms with Crippen molar-refractivity contribution in [3.63, 3.8) is 0 Å². The maximum absolute atomic E-state index is 13.2. The molecule has 2 heterocycles. The Labute approximate surface area is 158 Å². The molecule has 7 heteroatoms. The summed E-state index contributed by atoms with van der Waals surface area (Å²) in [6.07, 6.45) is 0. The van der Waals surface area contributed by atoms with Crippen LogP contribution >= 0.6 is 0 Å². The number of para-hydroxylation sites is 1. The number of benzene rings is 2. The zero-order valence-electron chi connectivity index (χ0n) is 14.8. The van der Waals surface area contributed by atoms with E-state index in [2.05, 4.69) is 0 Å². The topological polar surface area (TPSA) is 98.7 Å². The van der Waals surface area contributed by atoms with Crippen LogP contribution in [-0.4, -0.2) is 28.5 Å². The molecule has 0 aliphatic rings. The first-order valence-corrected chi connectivity index (χ1v) is 8.46. The highest BCUT2D eigenvalue weighted by Crippen LogP contribution is 2.35. The summed E-state index contributed by atoms with van der Waals surface area (Å²) in [5.41, 5.74) is 0.519. The molecule has 7 nitrogen and oxygen atoms in total. The minimum atomic E-state index is -1.34. The highest BCUT2D eigenvalue weighted by molar-refractivity contribution is 6.08. The van der Waals surface area contributed by atoms with Gasteiger partial charge in [-0.3, -0.25) is 14.2 Å². The summed E-state index contributed by atoms with van der Waals surface area (Å²) in [4.78, 5) is 37.4. The van der Waals surface area contributed by atoms with E-state index >= 15 is 0 Å². The van der Waals surface area contributed by atoms with Gasteiger partial charge < -0.3 is 14.3 Å².